The summed E-state index contributed by atoms with van der Waals surface area (Å²) in [5.41, 5.74) is 6.11. The van der Waals surface area contributed by atoms with E-state index in [1.807, 2.05) is 0 Å². The smallest absolute Gasteiger partial charge is 0.267 e. The van der Waals surface area contributed by atoms with Crippen LogP contribution in [0.2, 0.25) is 0 Å². The maximum atomic E-state index is 12.0. The lowest BCUT2D eigenvalue weighted by atomic mass is 10.2. The van der Waals surface area contributed by atoms with Crippen molar-refractivity contribution in [1.82, 2.24) is 36.0 Å². The summed E-state index contributed by atoms with van der Waals surface area (Å²) in [5.74, 6) is -0.887. The Bertz CT molecular complexity index is 801. The van der Waals surface area contributed by atoms with E-state index in [0.29, 0.717) is 16.8 Å². The van der Waals surface area contributed by atoms with E-state index in [1.165, 1.54) is 17.2 Å². The normalized spacial score (nSPS) is 10.1. The van der Waals surface area contributed by atoms with Gasteiger partial charge in [0.2, 0.25) is 0 Å². The van der Waals surface area contributed by atoms with Crippen molar-refractivity contribution in [2.45, 2.75) is 0 Å². The van der Waals surface area contributed by atoms with Gasteiger partial charge >= 0.3 is 0 Å². The van der Waals surface area contributed by atoms with Crippen LogP contribution in [0.4, 0.5) is 0 Å². The molecule has 0 saturated carbocycles. The second kappa shape index (κ2) is 6.43. The third-order valence-corrected chi connectivity index (χ3v) is 2.96. The van der Waals surface area contributed by atoms with Gasteiger partial charge in [-0.15, -0.1) is 5.10 Å². The third kappa shape index (κ3) is 3.35. The number of tetrazole rings is 1. The van der Waals surface area contributed by atoms with E-state index in [-0.39, 0.29) is 0 Å². The van der Waals surface area contributed by atoms with Gasteiger partial charge in [0, 0.05) is 18.0 Å². The maximum Gasteiger partial charge on any atom is 0.271 e. The van der Waals surface area contributed by atoms with Crippen LogP contribution in [0.3, 0.4) is 0 Å². The van der Waals surface area contributed by atoms with E-state index in [9.17, 15) is 9.59 Å². The van der Waals surface area contributed by atoms with Crippen molar-refractivity contribution in [1.29, 1.82) is 0 Å². The molecule has 0 aliphatic rings. The molecule has 9 nitrogen and oxygen atoms in total. The molecular weight excluding hydrogens is 298 g/mol. The second-order valence-electron chi connectivity index (χ2n) is 4.45. The number of rotatable bonds is 3. The zero-order valence-corrected chi connectivity index (χ0v) is 11.7. The number of hydrogen-bond donors (Lipinski definition) is 2. The minimum atomic E-state index is -0.447. The monoisotopic (exact) mass is 309 g/mol. The molecule has 0 saturated heterocycles. The molecule has 1 aromatic carbocycles. The summed E-state index contributed by atoms with van der Waals surface area (Å²) in [4.78, 5) is 27.6. The summed E-state index contributed by atoms with van der Waals surface area (Å²) in [5, 5.41) is 10.8. The summed E-state index contributed by atoms with van der Waals surface area (Å²) >= 11 is 0. The van der Waals surface area contributed by atoms with Crippen LogP contribution in [-0.2, 0) is 0 Å². The molecule has 3 aromatic rings. The molecule has 3 rings (SSSR count). The van der Waals surface area contributed by atoms with Gasteiger partial charge in [-0.3, -0.25) is 25.4 Å². The molecule has 0 aliphatic heterocycles. The molecule has 2 N–H and O–H groups in total. The molecule has 2 heterocycles. The van der Waals surface area contributed by atoms with Crippen LogP contribution in [0.25, 0.3) is 5.69 Å². The van der Waals surface area contributed by atoms with Crippen molar-refractivity contribution in [3.05, 3.63) is 66.2 Å². The van der Waals surface area contributed by atoms with Gasteiger partial charge in [0.15, 0.2) is 0 Å². The molecule has 114 valence electrons. The summed E-state index contributed by atoms with van der Waals surface area (Å²) < 4.78 is 1.46. The second-order valence-corrected chi connectivity index (χ2v) is 4.45. The quantitative estimate of drug-likeness (QED) is 0.665. The largest absolute Gasteiger partial charge is 0.271 e. The average Bonchev–Trinajstić information content (AvgIpc) is 3.15. The molecule has 2 aromatic heterocycles. The highest BCUT2D eigenvalue weighted by molar-refractivity contribution is 5.98. The predicted octanol–water partition coefficient (Wildman–Crippen LogP) is 0.132. The molecule has 0 radical (unpaired) electrons. The number of amides is 2. The fourth-order valence-electron chi connectivity index (χ4n) is 1.80. The number of nitrogens with one attached hydrogen (secondary N) is 2. The highest BCUT2D eigenvalue weighted by Gasteiger charge is 2.09. The molecule has 0 fully saturated rings. The van der Waals surface area contributed by atoms with E-state index >= 15 is 0 Å². The summed E-state index contributed by atoms with van der Waals surface area (Å²) in [6.07, 6.45) is 4.41. The number of aromatic nitrogens is 5. The molecule has 0 spiro atoms. The lowest BCUT2D eigenvalue weighted by molar-refractivity contribution is 0.0846. The molecule has 9 heteroatoms. The fourth-order valence-corrected chi connectivity index (χ4v) is 1.80. The highest BCUT2D eigenvalue weighted by atomic mass is 16.2. The Balaban J connectivity index is 1.61. The first-order chi connectivity index (χ1) is 11.2. The van der Waals surface area contributed by atoms with Gasteiger partial charge in [0.05, 0.1) is 11.3 Å². The van der Waals surface area contributed by atoms with Crippen LogP contribution in [0.1, 0.15) is 20.7 Å². The van der Waals surface area contributed by atoms with Crippen LogP contribution in [0.5, 0.6) is 0 Å². The van der Waals surface area contributed by atoms with E-state index in [1.54, 1.807) is 42.6 Å². The number of benzene rings is 1. The summed E-state index contributed by atoms with van der Waals surface area (Å²) in [7, 11) is 0. The number of hydrogen-bond acceptors (Lipinski definition) is 6. The zero-order valence-electron chi connectivity index (χ0n) is 11.7. The Labute approximate surface area is 130 Å². The molecular formula is C14H11N7O2. The number of carbonyl (C=O) groups is 2. The highest BCUT2D eigenvalue weighted by Crippen LogP contribution is 2.07. The van der Waals surface area contributed by atoms with Crippen molar-refractivity contribution in [3.63, 3.8) is 0 Å². The van der Waals surface area contributed by atoms with E-state index < -0.39 is 11.8 Å². The number of pyridine rings is 1. The first-order valence-electron chi connectivity index (χ1n) is 6.58. The van der Waals surface area contributed by atoms with Crippen molar-refractivity contribution in [3.8, 4) is 5.69 Å². The van der Waals surface area contributed by atoms with Crippen molar-refractivity contribution in [2.75, 3.05) is 0 Å². The molecule has 0 aliphatic carbocycles. The van der Waals surface area contributed by atoms with E-state index in [0.717, 1.165) is 0 Å². The Morgan fingerprint density at radius 1 is 0.957 bits per heavy atom. The van der Waals surface area contributed by atoms with Gasteiger partial charge in [-0.25, -0.2) is 4.68 Å². The fraction of sp³-hybridized carbons (Fsp3) is 0. The zero-order chi connectivity index (χ0) is 16.1. The SMILES string of the molecule is O=C(NNC(=O)c1cccnc1)c1ccc(-n2cnnn2)cc1. The van der Waals surface area contributed by atoms with Crippen molar-refractivity contribution in [2.24, 2.45) is 0 Å². The number of carbonyl (C=O) groups excluding carboxylic acids is 2. The first-order valence-corrected chi connectivity index (χ1v) is 6.58. The first kappa shape index (κ1) is 14.3. The summed E-state index contributed by atoms with van der Waals surface area (Å²) in [6, 6.07) is 9.80. The molecule has 0 unspecified atom stereocenters. The Kier molecular flexibility index (Phi) is 4.01. The molecule has 0 atom stereocenters. The van der Waals surface area contributed by atoms with Crippen LogP contribution in [0, 0.1) is 0 Å². The molecule has 0 bridgehead atoms. The Hall–Kier alpha value is -3.62. The van der Waals surface area contributed by atoms with Gasteiger partial charge in [-0.1, -0.05) is 0 Å². The van der Waals surface area contributed by atoms with Crippen LogP contribution >= 0.6 is 0 Å². The van der Waals surface area contributed by atoms with Crippen LogP contribution in [-0.4, -0.2) is 37.0 Å². The van der Waals surface area contributed by atoms with Gasteiger partial charge < -0.3 is 0 Å². The average molecular weight is 309 g/mol. The standard InChI is InChI=1S/C14H11N7O2/c22-13(17-18-14(23)11-2-1-7-15-8-11)10-3-5-12(6-4-10)21-9-16-19-20-21/h1-9H,(H,17,22)(H,18,23). The van der Waals surface area contributed by atoms with Gasteiger partial charge in [-0.05, 0) is 46.8 Å². The van der Waals surface area contributed by atoms with Crippen LogP contribution in [0.15, 0.2) is 55.1 Å². The van der Waals surface area contributed by atoms with Gasteiger partial charge in [0.1, 0.15) is 6.33 Å². The van der Waals surface area contributed by atoms with Crippen molar-refractivity contribution >= 4 is 11.8 Å². The molecule has 2 amide bonds. The molecule has 23 heavy (non-hydrogen) atoms. The third-order valence-electron chi connectivity index (χ3n) is 2.96. The maximum absolute atomic E-state index is 12.0. The van der Waals surface area contributed by atoms with Crippen LogP contribution < -0.4 is 10.9 Å². The number of hydrazine groups is 1. The van der Waals surface area contributed by atoms with E-state index in [2.05, 4.69) is 31.4 Å². The predicted molar refractivity (Wildman–Crippen MR) is 78.3 cm³/mol. The minimum absolute atomic E-state index is 0.349. The number of nitrogens with zero attached hydrogens (tertiary/aromatic N) is 5. The van der Waals surface area contributed by atoms with E-state index in [4.69, 9.17) is 0 Å². The summed E-state index contributed by atoms with van der Waals surface area (Å²) in [6.45, 7) is 0. The Morgan fingerprint density at radius 3 is 2.30 bits per heavy atom. The Morgan fingerprint density at radius 2 is 1.70 bits per heavy atom. The van der Waals surface area contributed by atoms with Gasteiger partial charge in [-0.2, -0.15) is 0 Å². The van der Waals surface area contributed by atoms with Gasteiger partial charge in [0.25, 0.3) is 11.8 Å². The minimum Gasteiger partial charge on any atom is -0.267 e. The topological polar surface area (TPSA) is 115 Å². The lowest BCUT2D eigenvalue weighted by Crippen LogP contribution is -2.41. The lowest BCUT2D eigenvalue weighted by Gasteiger charge is -2.07. The van der Waals surface area contributed by atoms with Crippen molar-refractivity contribution < 1.29 is 9.59 Å².